The van der Waals surface area contributed by atoms with Crippen LogP contribution in [0.2, 0.25) is 0 Å². The Morgan fingerprint density at radius 1 is 1.06 bits per heavy atom. The lowest BCUT2D eigenvalue weighted by atomic mass is 9.84. The van der Waals surface area contributed by atoms with Crippen molar-refractivity contribution < 1.29 is 9.59 Å². The summed E-state index contributed by atoms with van der Waals surface area (Å²) in [4.78, 5) is 33.3. The summed E-state index contributed by atoms with van der Waals surface area (Å²) in [6.45, 7) is 0. The van der Waals surface area contributed by atoms with Crippen molar-refractivity contribution in [2.75, 3.05) is 17.7 Å². The number of carbonyl (C=O) groups is 2. The van der Waals surface area contributed by atoms with Crippen LogP contribution in [0.1, 0.15) is 36.0 Å². The third kappa shape index (κ3) is 4.58. The van der Waals surface area contributed by atoms with Crippen LogP contribution in [0.25, 0.3) is 10.9 Å². The van der Waals surface area contributed by atoms with Gasteiger partial charge in [0, 0.05) is 30.7 Å². The molecule has 2 heterocycles. The molecule has 0 radical (unpaired) electrons. The third-order valence-electron chi connectivity index (χ3n) is 5.70. The Bertz CT molecular complexity index is 1120. The average molecular weight is 419 g/mol. The van der Waals surface area contributed by atoms with Gasteiger partial charge in [0.05, 0.1) is 22.7 Å². The summed E-state index contributed by atoms with van der Waals surface area (Å²) in [5.41, 5.74) is 7.51. The molecule has 0 spiro atoms. The predicted octanol–water partition coefficient (Wildman–Crippen LogP) is 3.19. The van der Waals surface area contributed by atoms with Crippen LogP contribution in [-0.2, 0) is 4.79 Å². The van der Waals surface area contributed by atoms with Crippen LogP contribution in [0.15, 0.2) is 48.7 Å². The number of rotatable bonds is 6. The molecular weight excluding hydrogens is 392 g/mol. The van der Waals surface area contributed by atoms with E-state index in [9.17, 15) is 9.59 Å². The van der Waals surface area contributed by atoms with Gasteiger partial charge in [-0.15, -0.1) is 0 Å². The molecule has 2 aromatic heterocycles. The van der Waals surface area contributed by atoms with Crippen molar-refractivity contribution in [3.05, 3.63) is 54.2 Å². The number of carbonyl (C=O) groups excluding carboxylic acids is 2. The monoisotopic (exact) mass is 418 g/mol. The van der Waals surface area contributed by atoms with Crippen molar-refractivity contribution in [1.82, 2.24) is 15.3 Å². The van der Waals surface area contributed by atoms with Crippen molar-refractivity contribution in [2.24, 2.45) is 11.7 Å². The van der Waals surface area contributed by atoms with E-state index < -0.39 is 0 Å². The highest BCUT2D eigenvalue weighted by Crippen LogP contribution is 2.30. The molecule has 2 atom stereocenters. The van der Waals surface area contributed by atoms with Gasteiger partial charge in [-0.1, -0.05) is 31.0 Å². The van der Waals surface area contributed by atoms with E-state index in [1.165, 1.54) is 6.20 Å². The summed E-state index contributed by atoms with van der Waals surface area (Å²) < 4.78 is 0. The van der Waals surface area contributed by atoms with Gasteiger partial charge in [0.25, 0.3) is 5.91 Å². The number of amides is 2. The molecule has 1 aliphatic carbocycles. The second-order valence-corrected chi connectivity index (χ2v) is 7.75. The van der Waals surface area contributed by atoms with Gasteiger partial charge in [0.2, 0.25) is 5.91 Å². The molecule has 1 aromatic carbocycles. The molecule has 3 aromatic rings. The van der Waals surface area contributed by atoms with E-state index in [4.69, 9.17) is 5.73 Å². The molecule has 0 saturated heterocycles. The number of anilines is 3. The molecule has 5 N–H and O–H groups in total. The Labute approximate surface area is 180 Å². The van der Waals surface area contributed by atoms with Gasteiger partial charge in [0.1, 0.15) is 11.6 Å². The molecule has 0 bridgehead atoms. The number of aromatic nitrogens is 2. The lowest BCUT2D eigenvalue weighted by molar-refractivity contribution is -0.122. The standard InChI is InChI=1S/C23H26N6O2/c1-25-23(31)16-13-26-21(29-20-11-10-14-6-2-4-8-17(14)28-20)12-19(16)27-18-9-5-3-7-15(18)22(24)30/h2,4,6,8,10-13,15,18H,3,5,7,9H2,1H3,(H2,24,30)(H,25,31)(H2,26,27,28,29)/t15-,18+/m1/s1. The summed E-state index contributed by atoms with van der Waals surface area (Å²) in [5, 5.41) is 10.3. The molecule has 0 aliphatic heterocycles. The fourth-order valence-corrected chi connectivity index (χ4v) is 4.07. The molecule has 4 rings (SSSR count). The first-order chi connectivity index (χ1) is 15.0. The number of fused-ring (bicyclic) bond motifs is 1. The van der Waals surface area contributed by atoms with Gasteiger partial charge < -0.3 is 21.7 Å². The van der Waals surface area contributed by atoms with Crippen molar-refractivity contribution in [2.45, 2.75) is 31.7 Å². The Morgan fingerprint density at radius 2 is 1.87 bits per heavy atom. The van der Waals surface area contributed by atoms with Crippen LogP contribution >= 0.6 is 0 Å². The maximum absolute atomic E-state index is 12.4. The number of hydrogen-bond donors (Lipinski definition) is 4. The number of nitrogens with zero attached hydrogens (tertiary/aromatic N) is 2. The first-order valence-electron chi connectivity index (χ1n) is 10.5. The maximum atomic E-state index is 12.4. The maximum Gasteiger partial charge on any atom is 0.254 e. The highest BCUT2D eigenvalue weighted by Gasteiger charge is 2.30. The summed E-state index contributed by atoms with van der Waals surface area (Å²) in [5.74, 6) is 0.364. The number of benzene rings is 1. The van der Waals surface area contributed by atoms with Crippen LogP contribution in [0.5, 0.6) is 0 Å². The Morgan fingerprint density at radius 3 is 2.68 bits per heavy atom. The fraction of sp³-hybridized carbons (Fsp3) is 0.304. The molecule has 8 nitrogen and oxygen atoms in total. The van der Waals surface area contributed by atoms with E-state index in [1.807, 2.05) is 36.4 Å². The zero-order chi connectivity index (χ0) is 21.8. The third-order valence-corrected chi connectivity index (χ3v) is 5.70. The molecule has 8 heteroatoms. The first kappa shape index (κ1) is 20.6. The highest BCUT2D eigenvalue weighted by molar-refractivity contribution is 5.99. The van der Waals surface area contributed by atoms with Crippen LogP contribution < -0.4 is 21.7 Å². The fourth-order valence-electron chi connectivity index (χ4n) is 4.07. The van der Waals surface area contributed by atoms with E-state index in [2.05, 4.69) is 25.9 Å². The molecule has 1 saturated carbocycles. The normalized spacial score (nSPS) is 18.4. The van der Waals surface area contributed by atoms with Crippen LogP contribution in [-0.4, -0.2) is 34.9 Å². The zero-order valence-electron chi connectivity index (χ0n) is 17.4. The number of nitrogens with two attached hydrogens (primary N) is 1. The van der Waals surface area contributed by atoms with Gasteiger partial charge in [-0.2, -0.15) is 0 Å². The SMILES string of the molecule is CNC(=O)c1cnc(Nc2ccc3ccccc3n2)cc1N[C@H]1CCCC[C@H]1C(N)=O. The minimum absolute atomic E-state index is 0.122. The number of primary amides is 1. The van der Waals surface area contributed by atoms with Crippen LogP contribution in [0, 0.1) is 5.92 Å². The highest BCUT2D eigenvalue weighted by atomic mass is 16.2. The largest absolute Gasteiger partial charge is 0.381 e. The van der Waals surface area contributed by atoms with Crippen molar-refractivity contribution in [3.8, 4) is 0 Å². The number of nitrogens with one attached hydrogen (secondary N) is 3. The van der Waals surface area contributed by atoms with Crippen LogP contribution in [0.4, 0.5) is 17.3 Å². The lowest BCUT2D eigenvalue weighted by Gasteiger charge is -2.31. The van der Waals surface area contributed by atoms with Crippen molar-refractivity contribution >= 4 is 40.0 Å². The number of para-hydroxylation sites is 1. The Kier molecular flexibility index (Phi) is 5.97. The van der Waals surface area contributed by atoms with Crippen LogP contribution in [0.3, 0.4) is 0 Å². The van der Waals surface area contributed by atoms with E-state index >= 15 is 0 Å². The second-order valence-electron chi connectivity index (χ2n) is 7.75. The van der Waals surface area contributed by atoms with E-state index in [0.717, 1.165) is 36.6 Å². The molecule has 31 heavy (non-hydrogen) atoms. The summed E-state index contributed by atoms with van der Waals surface area (Å²) in [7, 11) is 1.57. The van der Waals surface area contributed by atoms with Gasteiger partial charge in [-0.05, 0) is 31.0 Å². The van der Waals surface area contributed by atoms with Crippen molar-refractivity contribution in [3.63, 3.8) is 0 Å². The minimum atomic E-state index is -0.313. The summed E-state index contributed by atoms with van der Waals surface area (Å²) >= 11 is 0. The first-order valence-corrected chi connectivity index (χ1v) is 10.5. The molecule has 1 aliphatic rings. The van der Waals surface area contributed by atoms with Crippen molar-refractivity contribution in [1.29, 1.82) is 0 Å². The van der Waals surface area contributed by atoms with Gasteiger partial charge in [-0.25, -0.2) is 9.97 Å². The molecule has 2 amide bonds. The number of pyridine rings is 2. The van der Waals surface area contributed by atoms with E-state index in [0.29, 0.717) is 22.9 Å². The quantitative estimate of drug-likeness (QED) is 0.488. The van der Waals surface area contributed by atoms with E-state index in [-0.39, 0.29) is 23.8 Å². The second kappa shape index (κ2) is 8.99. The molecule has 1 fully saturated rings. The van der Waals surface area contributed by atoms with Gasteiger partial charge in [-0.3, -0.25) is 9.59 Å². The molecular formula is C23H26N6O2. The summed E-state index contributed by atoms with van der Waals surface area (Å²) in [6, 6.07) is 13.4. The van der Waals surface area contributed by atoms with Gasteiger partial charge in [0.15, 0.2) is 0 Å². The summed E-state index contributed by atoms with van der Waals surface area (Å²) in [6.07, 6.45) is 5.07. The minimum Gasteiger partial charge on any atom is -0.381 e. The predicted molar refractivity (Wildman–Crippen MR) is 121 cm³/mol. The smallest absolute Gasteiger partial charge is 0.254 e. The van der Waals surface area contributed by atoms with E-state index in [1.54, 1.807) is 13.1 Å². The Hall–Kier alpha value is -3.68. The zero-order valence-corrected chi connectivity index (χ0v) is 17.4. The van der Waals surface area contributed by atoms with Gasteiger partial charge >= 0.3 is 0 Å². The number of hydrogen-bond acceptors (Lipinski definition) is 6. The topological polar surface area (TPSA) is 122 Å². The molecule has 160 valence electrons. The molecule has 0 unspecified atom stereocenters. The Balaban J connectivity index is 1.63. The lowest BCUT2D eigenvalue weighted by Crippen LogP contribution is -2.41. The average Bonchev–Trinajstić information content (AvgIpc) is 2.79.